The van der Waals surface area contributed by atoms with E-state index < -0.39 is 11.9 Å². The average Bonchev–Trinajstić information content (AvgIpc) is 3.16. The lowest BCUT2D eigenvalue weighted by Gasteiger charge is -2.04. The van der Waals surface area contributed by atoms with Gasteiger partial charge in [0, 0.05) is 17.3 Å². The highest BCUT2D eigenvalue weighted by Gasteiger charge is 2.28. The number of nitrogens with one attached hydrogen (secondary N) is 2. The zero-order valence-corrected chi connectivity index (χ0v) is 13.4. The summed E-state index contributed by atoms with van der Waals surface area (Å²) < 4.78 is 19.1. The third-order valence-electron chi connectivity index (χ3n) is 3.70. The van der Waals surface area contributed by atoms with Crippen molar-refractivity contribution in [2.75, 3.05) is 19.0 Å². The number of fused-ring (bicyclic) bond motifs is 1. The highest BCUT2D eigenvalue weighted by Crippen LogP contribution is 2.37. The molecule has 0 saturated heterocycles. The second kappa shape index (κ2) is 6.81. The number of rotatable bonds is 3. The molecule has 0 radical (unpaired) electrons. The standard InChI is InChI=1S/C18H16FN3O3/c1-25-16-4-5-21-14(16)8-13-17-10(2-3-12(20)9-23)6-11(19)7-15(17)22-18(13)24/h4-8,12,21,23H,9,20H2,1H3,(H,22,24)/t12-/m0/s1. The van der Waals surface area contributed by atoms with Crippen molar-refractivity contribution in [2.45, 2.75) is 6.04 Å². The molecule has 1 atom stereocenters. The van der Waals surface area contributed by atoms with E-state index in [1.165, 1.54) is 19.2 Å². The van der Waals surface area contributed by atoms with Crippen molar-refractivity contribution in [3.8, 4) is 17.6 Å². The number of aromatic nitrogens is 1. The van der Waals surface area contributed by atoms with Crippen molar-refractivity contribution in [3.05, 3.63) is 47.0 Å². The highest BCUT2D eigenvalue weighted by atomic mass is 19.1. The number of aliphatic hydroxyl groups excluding tert-OH is 1. The number of hydrogen-bond acceptors (Lipinski definition) is 4. The number of aliphatic hydroxyl groups is 1. The largest absolute Gasteiger partial charge is 0.495 e. The predicted octanol–water partition coefficient (Wildman–Crippen LogP) is 1.33. The fourth-order valence-corrected chi connectivity index (χ4v) is 2.55. The molecular weight excluding hydrogens is 325 g/mol. The minimum absolute atomic E-state index is 0.314. The summed E-state index contributed by atoms with van der Waals surface area (Å²) in [7, 11) is 1.52. The van der Waals surface area contributed by atoms with Crippen LogP contribution in [0.4, 0.5) is 10.1 Å². The molecule has 2 aromatic rings. The number of carbonyl (C=O) groups excluding carboxylic acids is 1. The van der Waals surface area contributed by atoms with Crippen LogP contribution >= 0.6 is 0 Å². The van der Waals surface area contributed by atoms with E-state index in [0.29, 0.717) is 33.8 Å². The topological polar surface area (TPSA) is 100 Å². The molecular formula is C18H16FN3O3. The van der Waals surface area contributed by atoms with Crippen molar-refractivity contribution in [3.63, 3.8) is 0 Å². The summed E-state index contributed by atoms with van der Waals surface area (Å²) in [6.45, 7) is -0.315. The van der Waals surface area contributed by atoms with E-state index in [1.54, 1.807) is 18.3 Å². The Kier molecular flexibility index (Phi) is 4.57. The maximum Gasteiger partial charge on any atom is 0.256 e. The Morgan fingerprint density at radius 2 is 2.28 bits per heavy atom. The predicted molar refractivity (Wildman–Crippen MR) is 92.2 cm³/mol. The van der Waals surface area contributed by atoms with Crippen molar-refractivity contribution >= 4 is 23.2 Å². The molecule has 1 aromatic carbocycles. The molecule has 0 fully saturated rings. The second-order valence-corrected chi connectivity index (χ2v) is 5.41. The van der Waals surface area contributed by atoms with E-state index in [-0.39, 0.29) is 12.5 Å². The zero-order chi connectivity index (χ0) is 18.0. The van der Waals surface area contributed by atoms with Crippen LogP contribution in [0.25, 0.3) is 11.6 Å². The fourth-order valence-electron chi connectivity index (χ4n) is 2.55. The SMILES string of the molecule is COc1cc[nH]c1C=C1C(=O)Nc2cc(F)cc(C#C[C@H](N)CO)c21. The Balaban J connectivity index is 2.14. The van der Waals surface area contributed by atoms with Crippen LogP contribution in [0.5, 0.6) is 5.75 Å². The molecule has 1 aliphatic rings. The molecule has 1 aliphatic heterocycles. The number of halogens is 1. The molecule has 0 saturated carbocycles. The van der Waals surface area contributed by atoms with Crippen molar-refractivity contribution < 1.29 is 19.0 Å². The quantitative estimate of drug-likeness (QED) is 0.500. The van der Waals surface area contributed by atoms with Gasteiger partial charge in [-0.3, -0.25) is 4.79 Å². The summed E-state index contributed by atoms with van der Waals surface area (Å²) in [6, 6.07) is 3.44. The van der Waals surface area contributed by atoms with Crippen molar-refractivity contribution in [1.29, 1.82) is 0 Å². The van der Waals surface area contributed by atoms with Crippen LogP contribution in [-0.2, 0) is 4.79 Å². The molecule has 128 valence electrons. The summed E-state index contributed by atoms with van der Waals surface area (Å²) in [5, 5.41) is 11.6. The Bertz CT molecular complexity index is 921. The first kappa shape index (κ1) is 16.8. The van der Waals surface area contributed by atoms with Gasteiger partial charge in [-0.25, -0.2) is 4.39 Å². The number of methoxy groups -OCH3 is 1. The number of benzene rings is 1. The van der Waals surface area contributed by atoms with Gasteiger partial charge >= 0.3 is 0 Å². The normalized spacial score (nSPS) is 15.4. The number of aromatic amines is 1. The number of hydrogen-bond donors (Lipinski definition) is 4. The number of nitrogens with two attached hydrogens (primary N) is 1. The van der Waals surface area contributed by atoms with Crippen LogP contribution in [0.1, 0.15) is 16.8 Å². The van der Waals surface area contributed by atoms with E-state index in [4.69, 9.17) is 15.6 Å². The molecule has 6 nitrogen and oxygen atoms in total. The van der Waals surface area contributed by atoms with E-state index in [0.717, 1.165) is 0 Å². The van der Waals surface area contributed by atoms with Crippen molar-refractivity contribution in [1.82, 2.24) is 4.98 Å². The summed E-state index contributed by atoms with van der Waals surface area (Å²) in [4.78, 5) is 15.3. The van der Waals surface area contributed by atoms with Gasteiger partial charge in [-0.15, -0.1) is 0 Å². The third-order valence-corrected chi connectivity index (χ3v) is 3.70. The van der Waals surface area contributed by atoms with Crippen LogP contribution in [0.15, 0.2) is 24.4 Å². The molecule has 0 spiro atoms. The van der Waals surface area contributed by atoms with Gasteiger partial charge in [0.15, 0.2) is 0 Å². The average molecular weight is 341 g/mol. The molecule has 3 rings (SSSR count). The van der Waals surface area contributed by atoms with Crippen LogP contribution in [0.3, 0.4) is 0 Å². The van der Waals surface area contributed by atoms with Gasteiger partial charge in [0.25, 0.3) is 5.91 Å². The molecule has 0 unspecified atom stereocenters. The summed E-state index contributed by atoms with van der Waals surface area (Å²) >= 11 is 0. The van der Waals surface area contributed by atoms with E-state index in [2.05, 4.69) is 22.1 Å². The lowest BCUT2D eigenvalue weighted by Crippen LogP contribution is -2.21. The van der Waals surface area contributed by atoms with Gasteiger partial charge in [-0.05, 0) is 24.3 Å². The van der Waals surface area contributed by atoms with Gasteiger partial charge < -0.3 is 25.9 Å². The first-order valence-electron chi connectivity index (χ1n) is 7.49. The van der Waals surface area contributed by atoms with Crippen LogP contribution in [0.2, 0.25) is 0 Å². The Labute approximate surface area is 143 Å². The maximum absolute atomic E-state index is 13.8. The fraction of sp³-hybridized carbons (Fsp3) is 0.167. The smallest absolute Gasteiger partial charge is 0.256 e. The molecule has 7 heteroatoms. The van der Waals surface area contributed by atoms with Gasteiger partial charge in [0.2, 0.25) is 0 Å². The van der Waals surface area contributed by atoms with Gasteiger partial charge in [0.05, 0.1) is 36.7 Å². The lowest BCUT2D eigenvalue weighted by atomic mass is 9.99. The molecule has 0 aliphatic carbocycles. The third kappa shape index (κ3) is 3.26. The zero-order valence-electron chi connectivity index (χ0n) is 13.4. The maximum atomic E-state index is 13.8. The highest BCUT2D eigenvalue weighted by molar-refractivity contribution is 6.35. The minimum atomic E-state index is -0.750. The number of amides is 1. The molecule has 5 N–H and O–H groups in total. The van der Waals surface area contributed by atoms with E-state index in [9.17, 15) is 9.18 Å². The monoisotopic (exact) mass is 341 g/mol. The molecule has 1 aromatic heterocycles. The Morgan fingerprint density at radius 3 is 3.00 bits per heavy atom. The molecule has 0 bridgehead atoms. The Morgan fingerprint density at radius 1 is 1.48 bits per heavy atom. The lowest BCUT2D eigenvalue weighted by molar-refractivity contribution is -0.110. The van der Waals surface area contributed by atoms with Gasteiger partial charge in [-0.2, -0.15) is 0 Å². The number of ether oxygens (including phenoxy) is 1. The molecule has 2 heterocycles. The summed E-state index contributed by atoms with van der Waals surface area (Å²) in [6.07, 6.45) is 3.31. The van der Waals surface area contributed by atoms with Crippen LogP contribution in [-0.4, -0.2) is 35.8 Å². The van der Waals surface area contributed by atoms with Crippen molar-refractivity contribution in [2.24, 2.45) is 5.73 Å². The first-order chi connectivity index (χ1) is 12.0. The van der Waals surface area contributed by atoms with Crippen LogP contribution in [0, 0.1) is 17.7 Å². The number of anilines is 1. The van der Waals surface area contributed by atoms with E-state index >= 15 is 0 Å². The van der Waals surface area contributed by atoms with E-state index in [1.807, 2.05) is 0 Å². The van der Waals surface area contributed by atoms with Crippen LogP contribution < -0.4 is 15.8 Å². The minimum Gasteiger partial charge on any atom is -0.495 e. The molecule has 25 heavy (non-hydrogen) atoms. The van der Waals surface area contributed by atoms with Gasteiger partial charge in [-0.1, -0.05) is 11.8 Å². The number of carbonyl (C=O) groups is 1. The second-order valence-electron chi connectivity index (χ2n) is 5.41. The summed E-state index contributed by atoms with van der Waals surface area (Å²) in [5.74, 6) is 5.06. The summed E-state index contributed by atoms with van der Waals surface area (Å²) in [5.41, 5.74) is 7.65. The Hall–Kier alpha value is -3.08. The first-order valence-corrected chi connectivity index (χ1v) is 7.49. The van der Waals surface area contributed by atoms with Gasteiger partial charge in [0.1, 0.15) is 11.6 Å². The molecule has 1 amide bonds. The number of H-pyrrole nitrogens is 1.